The van der Waals surface area contributed by atoms with E-state index in [-0.39, 0.29) is 11.3 Å². The van der Waals surface area contributed by atoms with Crippen molar-refractivity contribution in [3.8, 4) is 0 Å². The number of rotatable bonds is 4. The van der Waals surface area contributed by atoms with Gasteiger partial charge in [-0.25, -0.2) is 9.78 Å². The third kappa shape index (κ3) is 3.79. The van der Waals surface area contributed by atoms with Gasteiger partial charge in [-0.2, -0.15) is 0 Å². The summed E-state index contributed by atoms with van der Waals surface area (Å²) in [6.45, 7) is 5.85. The second kappa shape index (κ2) is 6.83. The monoisotopic (exact) mass is 326 g/mol. The second-order valence-electron chi connectivity index (χ2n) is 6.67. The highest BCUT2D eigenvalue weighted by atomic mass is 16.4. The summed E-state index contributed by atoms with van der Waals surface area (Å²) in [6.07, 6.45) is 0.471. The highest BCUT2D eigenvalue weighted by Crippen LogP contribution is 2.30. The SMILES string of the molecule is CNC(=O)c1cc(C(=O)O)c(C(C)(C)C)c(Cc2ccccc2)n1. The number of hydrogen-bond donors (Lipinski definition) is 2. The highest BCUT2D eigenvalue weighted by Gasteiger charge is 2.28. The van der Waals surface area contributed by atoms with Gasteiger partial charge < -0.3 is 10.4 Å². The standard InChI is InChI=1S/C19H22N2O3/c1-19(2,3)16-13(18(23)24)11-15(17(22)20-4)21-14(16)10-12-8-6-5-7-9-12/h5-9,11H,10H2,1-4H3,(H,20,22)(H,23,24). The van der Waals surface area contributed by atoms with Crippen LogP contribution in [0.1, 0.15) is 58.4 Å². The lowest BCUT2D eigenvalue weighted by Crippen LogP contribution is -2.25. The molecule has 2 N–H and O–H groups in total. The lowest BCUT2D eigenvalue weighted by Gasteiger charge is -2.25. The van der Waals surface area contributed by atoms with Gasteiger partial charge in [0.15, 0.2) is 0 Å². The average Bonchev–Trinajstić information content (AvgIpc) is 2.53. The van der Waals surface area contributed by atoms with Gasteiger partial charge in [-0.15, -0.1) is 0 Å². The van der Waals surface area contributed by atoms with Crippen molar-refractivity contribution < 1.29 is 14.7 Å². The van der Waals surface area contributed by atoms with E-state index in [9.17, 15) is 14.7 Å². The molecule has 0 fully saturated rings. The number of carboxylic acid groups (broad SMARTS) is 1. The fourth-order valence-corrected chi connectivity index (χ4v) is 2.76. The van der Waals surface area contributed by atoms with E-state index in [4.69, 9.17) is 0 Å². The van der Waals surface area contributed by atoms with Crippen LogP contribution in [0, 0.1) is 0 Å². The van der Waals surface area contributed by atoms with Crippen molar-refractivity contribution >= 4 is 11.9 Å². The molecule has 0 spiro atoms. The van der Waals surface area contributed by atoms with Gasteiger partial charge in [0.1, 0.15) is 5.69 Å². The molecule has 0 atom stereocenters. The zero-order chi connectivity index (χ0) is 17.9. The van der Waals surface area contributed by atoms with Crippen LogP contribution >= 0.6 is 0 Å². The number of nitrogens with zero attached hydrogens (tertiary/aromatic N) is 1. The summed E-state index contributed by atoms with van der Waals surface area (Å²) in [6, 6.07) is 11.0. The number of benzene rings is 1. The van der Waals surface area contributed by atoms with Gasteiger partial charge in [0.05, 0.1) is 11.3 Å². The van der Waals surface area contributed by atoms with Crippen molar-refractivity contribution in [2.24, 2.45) is 0 Å². The number of nitrogens with one attached hydrogen (secondary N) is 1. The van der Waals surface area contributed by atoms with E-state index in [2.05, 4.69) is 10.3 Å². The summed E-state index contributed by atoms with van der Waals surface area (Å²) in [5.74, 6) is -1.45. The molecule has 0 radical (unpaired) electrons. The van der Waals surface area contributed by atoms with Crippen molar-refractivity contribution in [1.29, 1.82) is 0 Å². The van der Waals surface area contributed by atoms with E-state index in [0.29, 0.717) is 17.7 Å². The molecule has 0 aliphatic carbocycles. The molecule has 24 heavy (non-hydrogen) atoms. The summed E-state index contributed by atoms with van der Waals surface area (Å²) in [7, 11) is 1.50. The summed E-state index contributed by atoms with van der Waals surface area (Å²) in [5.41, 5.74) is 2.13. The smallest absolute Gasteiger partial charge is 0.336 e. The number of hydrogen-bond acceptors (Lipinski definition) is 3. The summed E-state index contributed by atoms with van der Waals surface area (Å²) in [4.78, 5) is 28.2. The molecule has 1 heterocycles. The van der Waals surface area contributed by atoms with Crippen LogP contribution in [0.25, 0.3) is 0 Å². The van der Waals surface area contributed by atoms with E-state index >= 15 is 0 Å². The van der Waals surface area contributed by atoms with Crippen LogP contribution in [-0.2, 0) is 11.8 Å². The van der Waals surface area contributed by atoms with Gasteiger partial charge in [0, 0.05) is 13.5 Å². The van der Waals surface area contributed by atoms with E-state index in [1.807, 2.05) is 51.1 Å². The predicted octanol–water partition coefficient (Wildman–Crippen LogP) is 3.03. The molecule has 5 nitrogen and oxygen atoms in total. The largest absolute Gasteiger partial charge is 0.478 e. The van der Waals surface area contributed by atoms with E-state index in [0.717, 1.165) is 5.56 Å². The normalized spacial score (nSPS) is 11.2. The minimum Gasteiger partial charge on any atom is -0.478 e. The van der Waals surface area contributed by atoms with Crippen LogP contribution in [-0.4, -0.2) is 29.0 Å². The molecule has 2 aromatic rings. The van der Waals surface area contributed by atoms with Crippen molar-refractivity contribution in [3.63, 3.8) is 0 Å². The minimum atomic E-state index is -1.05. The second-order valence-corrected chi connectivity index (χ2v) is 6.67. The quantitative estimate of drug-likeness (QED) is 0.905. The van der Waals surface area contributed by atoms with E-state index < -0.39 is 17.3 Å². The van der Waals surface area contributed by atoms with Gasteiger partial charge in [-0.3, -0.25) is 4.79 Å². The molecular formula is C19H22N2O3. The van der Waals surface area contributed by atoms with Crippen LogP contribution in [0.15, 0.2) is 36.4 Å². The number of aromatic nitrogens is 1. The van der Waals surface area contributed by atoms with E-state index in [1.165, 1.54) is 13.1 Å². The van der Waals surface area contributed by atoms with Crippen molar-refractivity contribution in [2.45, 2.75) is 32.6 Å². The van der Waals surface area contributed by atoms with Crippen LogP contribution < -0.4 is 5.32 Å². The molecule has 126 valence electrons. The predicted molar refractivity (Wildman–Crippen MR) is 92.5 cm³/mol. The number of carbonyl (C=O) groups is 2. The van der Waals surface area contributed by atoms with Crippen LogP contribution in [0.5, 0.6) is 0 Å². The van der Waals surface area contributed by atoms with Crippen molar-refractivity contribution in [3.05, 3.63) is 64.5 Å². The lowest BCUT2D eigenvalue weighted by atomic mass is 9.81. The maximum atomic E-state index is 12.0. The van der Waals surface area contributed by atoms with Crippen LogP contribution in [0.4, 0.5) is 0 Å². The Kier molecular flexibility index (Phi) is 5.02. The Morgan fingerprint density at radius 2 is 1.79 bits per heavy atom. The van der Waals surface area contributed by atoms with Crippen LogP contribution in [0.2, 0.25) is 0 Å². The van der Waals surface area contributed by atoms with Crippen molar-refractivity contribution in [1.82, 2.24) is 10.3 Å². The fraction of sp³-hybridized carbons (Fsp3) is 0.316. The zero-order valence-corrected chi connectivity index (χ0v) is 14.4. The first-order valence-electron chi connectivity index (χ1n) is 7.77. The van der Waals surface area contributed by atoms with Crippen molar-refractivity contribution in [2.75, 3.05) is 7.05 Å². The Bertz CT molecular complexity index is 762. The summed E-state index contributed by atoms with van der Waals surface area (Å²) in [5, 5.41) is 12.1. The molecule has 1 aromatic heterocycles. The highest BCUT2D eigenvalue weighted by molar-refractivity contribution is 5.97. The number of pyridine rings is 1. The third-order valence-corrected chi connectivity index (χ3v) is 3.75. The maximum absolute atomic E-state index is 12.0. The zero-order valence-electron chi connectivity index (χ0n) is 14.4. The molecule has 0 saturated heterocycles. The first-order chi connectivity index (χ1) is 11.2. The maximum Gasteiger partial charge on any atom is 0.336 e. The molecule has 0 saturated carbocycles. The molecule has 1 amide bonds. The number of amides is 1. The molecule has 0 aliphatic heterocycles. The topological polar surface area (TPSA) is 79.3 Å². The van der Waals surface area contributed by atoms with Gasteiger partial charge in [0.2, 0.25) is 0 Å². The fourth-order valence-electron chi connectivity index (χ4n) is 2.76. The Labute approximate surface area is 141 Å². The number of carboxylic acids is 1. The molecule has 1 aromatic carbocycles. The van der Waals surface area contributed by atoms with Gasteiger partial charge in [-0.1, -0.05) is 51.1 Å². The molecular weight excluding hydrogens is 304 g/mol. The Balaban J connectivity index is 2.70. The van der Waals surface area contributed by atoms with Crippen LogP contribution in [0.3, 0.4) is 0 Å². The summed E-state index contributed by atoms with van der Waals surface area (Å²) < 4.78 is 0. The Morgan fingerprint density at radius 3 is 2.29 bits per heavy atom. The minimum absolute atomic E-state index is 0.119. The Hall–Kier alpha value is -2.69. The van der Waals surface area contributed by atoms with Gasteiger partial charge in [-0.05, 0) is 22.6 Å². The number of carbonyl (C=O) groups excluding carboxylic acids is 1. The Morgan fingerprint density at radius 1 is 1.17 bits per heavy atom. The van der Waals surface area contributed by atoms with Gasteiger partial charge >= 0.3 is 5.97 Å². The van der Waals surface area contributed by atoms with Gasteiger partial charge in [0.25, 0.3) is 5.91 Å². The average molecular weight is 326 g/mol. The molecule has 0 bridgehead atoms. The summed E-state index contributed by atoms with van der Waals surface area (Å²) >= 11 is 0. The molecule has 0 unspecified atom stereocenters. The van der Waals surface area contributed by atoms with E-state index in [1.54, 1.807) is 0 Å². The first kappa shape index (κ1) is 17.7. The molecule has 5 heteroatoms. The first-order valence-corrected chi connectivity index (χ1v) is 7.77. The molecule has 0 aliphatic rings. The number of aromatic carboxylic acids is 1. The lowest BCUT2D eigenvalue weighted by molar-refractivity contribution is 0.0693. The third-order valence-electron chi connectivity index (χ3n) is 3.75. The molecule has 2 rings (SSSR count).